The van der Waals surface area contributed by atoms with Crippen LogP contribution in [-0.2, 0) is 10.0 Å². The van der Waals surface area contributed by atoms with E-state index in [9.17, 15) is 8.42 Å². The van der Waals surface area contributed by atoms with E-state index in [1.54, 1.807) is 12.1 Å². The van der Waals surface area contributed by atoms with Crippen molar-refractivity contribution in [2.24, 2.45) is 0 Å². The molecule has 1 aromatic rings. The van der Waals surface area contributed by atoms with Crippen LogP contribution in [0.1, 0.15) is 0 Å². The third-order valence-corrected chi connectivity index (χ3v) is 3.36. The molecular formula is C9H13NO4S. The van der Waals surface area contributed by atoms with Crippen molar-refractivity contribution in [2.45, 2.75) is 4.90 Å². The normalized spacial score (nSPS) is 11.1. The fourth-order valence-corrected chi connectivity index (χ4v) is 2.08. The third kappa shape index (κ3) is 2.21. The maximum Gasteiger partial charge on any atom is 0.244 e. The van der Waals surface area contributed by atoms with Crippen LogP contribution in [0.2, 0.25) is 0 Å². The summed E-state index contributed by atoms with van der Waals surface area (Å²) in [7, 11) is 0.660. The van der Waals surface area contributed by atoms with Gasteiger partial charge in [0.05, 0.1) is 14.2 Å². The largest absolute Gasteiger partial charge is 0.493 e. The molecule has 0 atom stereocenters. The Bertz CT molecular complexity index is 441. The molecule has 84 valence electrons. The molecule has 1 rings (SSSR count). The summed E-state index contributed by atoms with van der Waals surface area (Å²) in [6, 6.07) is 4.67. The lowest BCUT2D eigenvalue weighted by Gasteiger charge is -2.11. The third-order valence-electron chi connectivity index (χ3n) is 1.93. The molecule has 0 aromatic heterocycles. The Morgan fingerprint density at radius 1 is 1.20 bits per heavy atom. The number of sulfonamides is 1. The standard InChI is InChI=1S/C9H13NO4S/c1-10-15(11,12)8-6-4-5-7(13-2)9(8)14-3/h4-6,10H,1-3H3. The Morgan fingerprint density at radius 2 is 1.87 bits per heavy atom. The number of rotatable bonds is 4. The fourth-order valence-electron chi connectivity index (χ4n) is 1.18. The van der Waals surface area contributed by atoms with Crippen molar-refractivity contribution >= 4 is 10.0 Å². The van der Waals surface area contributed by atoms with Gasteiger partial charge in [0.1, 0.15) is 4.90 Å². The Hall–Kier alpha value is -1.27. The average molecular weight is 231 g/mol. The molecule has 0 radical (unpaired) electrons. The highest BCUT2D eigenvalue weighted by Gasteiger charge is 2.20. The minimum Gasteiger partial charge on any atom is -0.493 e. The molecule has 0 fully saturated rings. The van der Waals surface area contributed by atoms with E-state index in [1.807, 2.05) is 0 Å². The summed E-state index contributed by atoms with van der Waals surface area (Å²) in [5.74, 6) is 0.586. The number of hydrogen-bond donors (Lipinski definition) is 1. The molecule has 1 N–H and O–H groups in total. The van der Waals surface area contributed by atoms with Crippen molar-refractivity contribution in [3.05, 3.63) is 18.2 Å². The molecule has 0 aliphatic heterocycles. The lowest BCUT2D eigenvalue weighted by atomic mass is 10.3. The maximum absolute atomic E-state index is 11.6. The molecule has 6 heteroatoms. The highest BCUT2D eigenvalue weighted by atomic mass is 32.2. The first kappa shape index (κ1) is 11.8. The van der Waals surface area contributed by atoms with Gasteiger partial charge in [0, 0.05) is 0 Å². The average Bonchev–Trinajstić information content (AvgIpc) is 2.27. The van der Waals surface area contributed by atoms with Gasteiger partial charge in [-0.15, -0.1) is 0 Å². The molecule has 0 bridgehead atoms. The second-order valence-electron chi connectivity index (χ2n) is 2.70. The first-order valence-corrected chi connectivity index (χ1v) is 5.69. The van der Waals surface area contributed by atoms with Crippen LogP contribution >= 0.6 is 0 Å². The van der Waals surface area contributed by atoms with Crippen LogP contribution in [0.5, 0.6) is 11.5 Å². The van der Waals surface area contributed by atoms with Crippen LogP contribution in [0.3, 0.4) is 0 Å². The maximum atomic E-state index is 11.6. The van der Waals surface area contributed by atoms with Gasteiger partial charge < -0.3 is 9.47 Å². The first-order valence-electron chi connectivity index (χ1n) is 4.21. The SMILES string of the molecule is CNS(=O)(=O)c1cccc(OC)c1OC. The number of benzene rings is 1. The number of ether oxygens (including phenoxy) is 2. The predicted octanol–water partition coefficient (Wildman–Crippen LogP) is 0.612. The number of methoxy groups -OCH3 is 2. The second-order valence-corrected chi connectivity index (χ2v) is 4.55. The topological polar surface area (TPSA) is 64.6 Å². The highest BCUT2D eigenvalue weighted by Crippen LogP contribution is 2.33. The van der Waals surface area contributed by atoms with E-state index in [0.717, 1.165) is 0 Å². The van der Waals surface area contributed by atoms with Gasteiger partial charge in [-0.25, -0.2) is 13.1 Å². The van der Waals surface area contributed by atoms with Crippen LogP contribution in [0.25, 0.3) is 0 Å². The molecule has 0 saturated carbocycles. The zero-order chi connectivity index (χ0) is 11.5. The van der Waals surface area contributed by atoms with E-state index in [0.29, 0.717) is 5.75 Å². The molecular weight excluding hydrogens is 218 g/mol. The summed E-state index contributed by atoms with van der Waals surface area (Å²) < 4.78 is 35.4. The molecule has 15 heavy (non-hydrogen) atoms. The Morgan fingerprint density at radius 3 is 2.33 bits per heavy atom. The van der Waals surface area contributed by atoms with Gasteiger partial charge >= 0.3 is 0 Å². The summed E-state index contributed by atoms with van der Waals surface area (Å²) in [5, 5.41) is 0. The minimum atomic E-state index is -3.53. The predicted molar refractivity (Wildman–Crippen MR) is 55.8 cm³/mol. The molecule has 0 aliphatic carbocycles. The van der Waals surface area contributed by atoms with Gasteiger partial charge in [-0.05, 0) is 19.2 Å². The van der Waals surface area contributed by atoms with E-state index in [1.165, 1.54) is 27.3 Å². The van der Waals surface area contributed by atoms with Crippen LogP contribution in [-0.4, -0.2) is 29.7 Å². The molecule has 0 spiro atoms. The van der Waals surface area contributed by atoms with Crippen LogP contribution in [0.4, 0.5) is 0 Å². The van der Waals surface area contributed by atoms with E-state index >= 15 is 0 Å². The second kappa shape index (κ2) is 4.50. The van der Waals surface area contributed by atoms with Crippen molar-refractivity contribution in [3.8, 4) is 11.5 Å². The van der Waals surface area contributed by atoms with Crippen molar-refractivity contribution in [2.75, 3.05) is 21.3 Å². The van der Waals surface area contributed by atoms with E-state index in [2.05, 4.69) is 4.72 Å². The van der Waals surface area contributed by atoms with Gasteiger partial charge in [-0.3, -0.25) is 0 Å². The molecule has 5 nitrogen and oxygen atoms in total. The molecule has 0 amide bonds. The number of hydrogen-bond acceptors (Lipinski definition) is 4. The molecule has 0 aliphatic rings. The lowest BCUT2D eigenvalue weighted by molar-refractivity contribution is 0.346. The molecule has 0 saturated heterocycles. The van der Waals surface area contributed by atoms with E-state index in [4.69, 9.17) is 9.47 Å². The van der Waals surface area contributed by atoms with Gasteiger partial charge in [-0.2, -0.15) is 0 Å². The quantitative estimate of drug-likeness (QED) is 0.824. The van der Waals surface area contributed by atoms with E-state index < -0.39 is 10.0 Å². The van der Waals surface area contributed by atoms with Crippen molar-refractivity contribution in [1.29, 1.82) is 0 Å². The van der Waals surface area contributed by atoms with Crippen molar-refractivity contribution < 1.29 is 17.9 Å². The van der Waals surface area contributed by atoms with Crippen LogP contribution in [0.15, 0.2) is 23.1 Å². The first-order chi connectivity index (χ1) is 7.06. The zero-order valence-electron chi connectivity index (χ0n) is 8.77. The number of para-hydroxylation sites is 1. The van der Waals surface area contributed by atoms with Crippen molar-refractivity contribution in [3.63, 3.8) is 0 Å². The monoisotopic (exact) mass is 231 g/mol. The highest BCUT2D eigenvalue weighted by molar-refractivity contribution is 7.89. The summed E-state index contributed by atoms with van der Waals surface area (Å²) in [6.07, 6.45) is 0. The smallest absolute Gasteiger partial charge is 0.244 e. The summed E-state index contributed by atoms with van der Waals surface area (Å²) >= 11 is 0. The van der Waals surface area contributed by atoms with E-state index in [-0.39, 0.29) is 10.6 Å². The van der Waals surface area contributed by atoms with Crippen molar-refractivity contribution in [1.82, 2.24) is 4.72 Å². The lowest BCUT2D eigenvalue weighted by Crippen LogP contribution is -2.19. The summed E-state index contributed by atoms with van der Waals surface area (Å²) in [5.41, 5.74) is 0. The van der Waals surface area contributed by atoms with Crippen LogP contribution < -0.4 is 14.2 Å². The Kier molecular flexibility index (Phi) is 3.54. The molecule has 0 heterocycles. The molecule has 0 unspecified atom stereocenters. The zero-order valence-corrected chi connectivity index (χ0v) is 9.59. The number of nitrogens with one attached hydrogen (secondary N) is 1. The Labute approximate surface area is 89.1 Å². The van der Waals surface area contributed by atoms with Gasteiger partial charge in [0.2, 0.25) is 10.0 Å². The van der Waals surface area contributed by atoms with Gasteiger partial charge in [-0.1, -0.05) is 6.07 Å². The van der Waals surface area contributed by atoms with Crippen LogP contribution in [0, 0.1) is 0 Å². The van der Waals surface area contributed by atoms with Gasteiger partial charge in [0.25, 0.3) is 0 Å². The fraction of sp³-hybridized carbons (Fsp3) is 0.333. The summed E-state index contributed by atoms with van der Waals surface area (Å²) in [4.78, 5) is 0.0619. The van der Waals surface area contributed by atoms with Gasteiger partial charge in [0.15, 0.2) is 11.5 Å². The minimum absolute atomic E-state index is 0.0619. The Balaban J connectivity index is 3.43. The molecule has 1 aromatic carbocycles. The summed E-state index contributed by atoms with van der Waals surface area (Å²) in [6.45, 7) is 0.